The van der Waals surface area contributed by atoms with Gasteiger partial charge in [-0.25, -0.2) is 8.78 Å². The van der Waals surface area contributed by atoms with Crippen molar-refractivity contribution < 1.29 is 13.5 Å². The van der Waals surface area contributed by atoms with Crippen LogP contribution in [-0.2, 0) is 0 Å². The van der Waals surface area contributed by atoms with Crippen molar-refractivity contribution in [3.63, 3.8) is 0 Å². The molecule has 0 spiro atoms. The van der Waals surface area contributed by atoms with Crippen molar-refractivity contribution in [2.75, 3.05) is 7.11 Å². The number of methoxy groups -OCH3 is 1. The van der Waals surface area contributed by atoms with Gasteiger partial charge in [0.15, 0.2) is 0 Å². The third-order valence-corrected chi connectivity index (χ3v) is 2.59. The maximum atomic E-state index is 13.7. The Labute approximate surface area is 98.7 Å². The van der Waals surface area contributed by atoms with Crippen LogP contribution < -0.4 is 4.74 Å². The van der Waals surface area contributed by atoms with Crippen molar-refractivity contribution in [2.45, 2.75) is 6.92 Å². The first-order valence-corrected chi connectivity index (χ1v) is 5.22. The summed E-state index contributed by atoms with van der Waals surface area (Å²) < 4.78 is 32.4. The smallest absolute Gasteiger partial charge is 0.131 e. The molecule has 0 aliphatic carbocycles. The Balaban J connectivity index is 2.62. The van der Waals surface area contributed by atoms with Crippen molar-refractivity contribution in [2.24, 2.45) is 0 Å². The Hall–Kier alpha value is -1.90. The molecule has 0 unspecified atom stereocenters. The van der Waals surface area contributed by atoms with Crippen molar-refractivity contribution in [1.29, 1.82) is 0 Å². The molecular formula is C14H12F2O. The monoisotopic (exact) mass is 234 g/mol. The summed E-state index contributed by atoms with van der Waals surface area (Å²) in [5, 5.41) is 0. The Bertz CT molecular complexity index is 550. The molecule has 0 aliphatic heterocycles. The highest BCUT2D eigenvalue weighted by molar-refractivity contribution is 5.67. The van der Waals surface area contributed by atoms with E-state index in [0.29, 0.717) is 5.75 Å². The molecule has 0 saturated carbocycles. The van der Waals surface area contributed by atoms with Crippen LogP contribution in [0.3, 0.4) is 0 Å². The molecule has 0 aliphatic rings. The molecule has 0 radical (unpaired) electrons. The first kappa shape index (κ1) is 11.6. The third kappa shape index (κ3) is 2.28. The lowest BCUT2D eigenvalue weighted by Gasteiger charge is -2.08. The minimum Gasteiger partial charge on any atom is -0.497 e. The van der Waals surface area contributed by atoms with Crippen LogP contribution in [0.5, 0.6) is 5.75 Å². The van der Waals surface area contributed by atoms with Gasteiger partial charge in [-0.15, -0.1) is 0 Å². The summed E-state index contributed by atoms with van der Waals surface area (Å²) in [6, 6.07) is 8.88. The van der Waals surface area contributed by atoms with Crippen LogP contribution in [-0.4, -0.2) is 7.11 Å². The number of benzene rings is 2. The highest BCUT2D eigenvalue weighted by Gasteiger charge is 2.11. The van der Waals surface area contributed by atoms with Crippen molar-refractivity contribution in [3.8, 4) is 16.9 Å². The van der Waals surface area contributed by atoms with Gasteiger partial charge in [0.2, 0.25) is 0 Å². The van der Waals surface area contributed by atoms with E-state index in [-0.39, 0.29) is 11.1 Å². The molecule has 0 heterocycles. The SMILES string of the molecule is COc1ccc(F)c(-c2cc(C)ccc2F)c1. The quantitative estimate of drug-likeness (QED) is 0.764. The maximum Gasteiger partial charge on any atom is 0.131 e. The molecule has 88 valence electrons. The molecule has 0 amide bonds. The topological polar surface area (TPSA) is 9.23 Å². The lowest BCUT2D eigenvalue weighted by molar-refractivity contribution is 0.414. The molecule has 17 heavy (non-hydrogen) atoms. The van der Waals surface area contributed by atoms with Crippen LogP contribution in [0, 0.1) is 18.6 Å². The normalized spacial score (nSPS) is 10.4. The van der Waals surface area contributed by atoms with Gasteiger partial charge in [-0.1, -0.05) is 11.6 Å². The third-order valence-electron chi connectivity index (χ3n) is 2.59. The molecule has 2 aromatic carbocycles. The highest BCUT2D eigenvalue weighted by atomic mass is 19.1. The molecule has 2 rings (SSSR count). The Morgan fingerprint density at radius 1 is 0.882 bits per heavy atom. The fourth-order valence-corrected chi connectivity index (χ4v) is 1.68. The number of rotatable bonds is 2. The Morgan fingerprint density at radius 2 is 1.47 bits per heavy atom. The van der Waals surface area contributed by atoms with Crippen LogP contribution in [0.25, 0.3) is 11.1 Å². The molecule has 0 bridgehead atoms. The van der Waals surface area contributed by atoms with E-state index in [1.54, 1.807) is 12.1 Å². The summed E-state index contributed by atoms with van der Waals surface area (Å²) in [6.45, 7) is 1.83. The standard InChI is InChI=1S/C14H12F2O/c1-9-3-5-13(15)11(7-9)12-8-10(17-2)4-6-14(12)16/h3-8H,1-2H3. The molecule has 0 fully saturated rings. The number of hydrogen-bond acceptors (Lipinski definition) is 1. The van der Waals surface area contributed by atoms with Crippen LogP contribution in [0.1, 0.15) is 5.56 Å². The van der Waals surface area contributed by atoms with Crippen LogP contribution in [0.2, 0.25) is 0 Å². The van der Waals surface area contributed by atoms with Gasteiger partial charge in [-0.3, -0.25) is 0 Å². The Morgan fingerprint density at radius 3 is 2.12 bits per heavy atom. The van der Waals surface area contributed by atoms with Crippen LogP contribution >= 0.6 is 0 Å². The van der Waals surface area contributed by atoms with Gasteiger partial charge < -0.3 is 4.74 Å². The lowest BCUT2D eigenvalue weighted by Crippen LogP contribution is -1.91. The van der Waals surface area contributed by atoms with Gasteiger partial charge in [-0.05, 0) is 37.3 Å². The summed E-state index contributed by atoms with van der Waals surface area (Å²) in [6.07, 6.45) is 0. The van der Waals surface area contributed by atoms with Crippen molar-refractivity contribution >= 4 is 0 Å². The summed E-state index contributed by atoms with van der Waals surface area (Å²) in [7, 11) is 1.49. The van der Waals surface area contributed by atoms with Gasteiger partial charge in [0.25, 0.3) is 0 Å². The lowest BCUT2D eigenvalue weighted by atomic mass is 10.0. The molecule has 0 aromatic heterocycles. The first-order valence-electron chi connectivity index (χ1n) is 5.22. The van der Waals surface area contributed by atoms with Gasteiger partial charge in [0.1, 0.15) is 17.4 Å². The minimum absolute atomic E-state index is 0.213. The molecule has 0 saturated heterocycles. The van der Waals surface area contributed by atoms with E-state index in [1.165, 1.54) is 31.4 Å². The fourth-order valence-electron chi connectivity index (χ4n) is 1.68. The predicted octanol–water partition coefficient (Wildman–Crippen LogP) is 3.95. The van der Waals surface area contributed by atoms with E-state index in [2.05, 4.69) is 0 Å². The molecule has 0 atom stereocenters. The summed E-state index contributed by atoms with van der Waals surface area (Å²) >= 11 is 0. The second-order valence-electron chi connectivity index (χ2n) is 3.83. The zero-order valence-corrected chi connectivity index (χ0v) is 9.63. The molecule has 1 nitrogen and oxygen atoms in total. The second kappa shape index (κ2) is 4.53. The van der Waals surface area contributed by atoms with Gasteiger partial charge >= 0.3 is 0 Å². The van der Waals surface area contributed by atoms with Gasteiger partial charge in [-0.2, -0.15) is 0 Å². The van der Waals surface area contributed by atoms with Crippen LogP contribution in [0.4, 0.5) is 8.78 Å². The predicted molar refractivity (Wildman–Crippen MR) is 63.1 cm³/mol. The summed E-state index contributed by atoms with van der Waals surface area (Å²) in [4.78, 5) is 0. The van der Waals surface area contributed by atoms with E-state index in [1.807, 2.05) is 6.92 Å². The van der Waals surface area contributed by atoms with Gasteiger partial charge in [0.05, 0.1) is 7.11 Å². The zero-order valence-electron chi connectivity index (χ0n) is 9.63. The van der Waals surface area contributed by atoms with E-state index in [9.17, 15) is 8.78 Å². The van der Waals surface area contributed by atoms with E-state index >= 15 is 0 Å². The average molecular weight is 234 g/mol. The van der Waals surface area contributed by atoms with Crippen molar-refractivity contribution in [1.82, 2.24) is 0 Å². The zero-order chi connectivity index (χ0) is 12.4. The average Bonchev–Trinajstić information content (AvgIpc) is 2.33. The highest BCUT2D eigenvalue weighted by Crippen LogP contribution is 2.29. The van der Waals surface area contributed by atoms with E-state index in [0.717, 1.165) is 5.56 Å². The number of aryl methyl sites for hydroxylation is 1. The minimum atomic E-state index is -0.463. The molecule has 0 N–H and O–H groups in total. The Kier molecular flexibility index (Phi) is 3.09. The molecular weight excluding hydrogens is 222 g/mol. The summed E-state index contributed by atoms with van der Waals surface area (Å²) in [5.41, 5.74) is 1.34. The largest absolute Gasteiger partial charge is 0.497 e. The van der Waals surface area contributed by atoms with Gasteiger partial charge in [0, 0.05) is 11.1 Å². The second-order valence-corrected chi connectivity index (χ2v) is 3.83. The van der Waals surface area contributed by atoms with Crippen LogP contribution in [0.15, 0.2) is 36.4 Å². The van der Waals surface area contributed by atoms with Crippen molar-refractivity contribution in [3.05, 3.63) is 53.6 Å². The maximum absolute atomic E-state index is 13.7. The number of ether oxygens (including phenoxy) is 1. The summed E-state index contributed by atoms with van der Waals surface area (Å²) in [5.74, 6) is -0.402. The number of hydrogen-bond donors (Lipinski definition) is 0. The molecule has 2 aromatic rings. The number of halogens is 2. The fraction of sp³-hybridized carbons (Fsp3) is 0.143. The molecule has 3 heteroatoms. The first-order chi connectivity index (χ1) is 8.11. The van der Waals surface area contributed by atoms with E-state index in [4.69, 9.17) is 4.74 Å². The van der Waals surface area contributed by atoms with E-state index < -0.39 is 11.6 Å².